The van der Waals surface area contributed by atoms with Crippen LogP contribution in [0.1, 0.15) is 0 Å². The molecule has 1 aromatic carbocycles. The number of ether oxygens (including phenoxy) is 3. The van der Waals surface area contributed by atoms with Gasteiger partial charge in [0.2, 0.25) is 13.2 Å². The van der Waals surface area contributed by atoms with E-state index in [1.54, 1.807) is 28.0 Å². The number of piperazine rings is 1. The molecule has 0 spiro atoms. The fourth-order valence-corrected chi connectivity index (χ4v) is 2.28. The van der Waals surface area contributed by atoms with Gasteiger partial charge in [-0.15, -0.1) is 0 Å². The SMILES string of the molecule is O=CN1CCN(C(=O)COc2ccc3c(c2)OCO3)CC1. The third-order valence-corrected chi connectivity index (χ3v) is 3.52. The van der Waals surface area contributed by atoms with E-state index in [1.165, 1.54) is 0 Å². The van der Waals surface area contributed by atoms with Crippen molar-refractivity contribution in [1.82, 2.24) is 9.80 Å². The molecule has 0 aromatic heterocycles. The number of carbonyl (C=O) groups excluding carboxylic acids is 2. The number of nitrogens with zero attached hydrogens (tertiary/aromatic N) is 2. The minimum Gasteiger partial charge on any atom is -0.484 e. The molecule has 21 heavy (non-hydrogen) atoms. The Kier molecular flexibility index (Phi) is 3.81. The van der Waals surface area contributed by atoms with Crippen molar-refractivity contribution in [3.63, 3.8) is 0 Å². The van der Waals surface area contributed by atoms with Gasteiger partial charge in [0.1, 0.15) is 5.75 Å². The summed E-state index contributed by atoms with van der Waals surface area (Å²) < 4.78 is 15.9. The van der Waals surface area contributed by atoms with Crippen molar-refractivity contribution in [1.29, 1.82) is 0 Å². The van der Waals surface area contributed by atoms with Crippen molar-refractivity contribution in [2.45, 2.75) is 0 Å². The third-order valence-electron chi connectivity index (χ3n) is 3.52. The Morgan fingerprint density at radius 1 is 1.19 bits per heavy atom. The maximum absolute atomic E-state index is 12.0. The summed E-state index contributed by atoms with van der Waals surface area (Å²) in [5, 5.41) is 0. The van der Waals surface area contributed by atoms with Gasteiger partial charge < -0.3 is 24.0 Å². The first-order valence-electron chi connectivity index (χ1n) is 6.76. The van der Waals surface area contributed by atoms with Gasteiger partial charge in [-0.05, 0) is 12.1 Å². The standard InChI is InChI=1S/C14H16N2O5/c17-9-15-3-5-16(6-4-15)14(18)8-19-11-1-2-12-13(7-11)21-10-20-12/h1-2,7,9H,3-6,8,10H2. The fraction of sp³-hybridized carbons (Fsp3) is 0.429. The van der Waals surface area contributed by atoms with Gasteiger partial charge in [0, 0.05) is 32.2 Å². The molecular formula is C14H16N2O5. The molecule has 7 nitrogen and oxygen atoms in total. The Morgan fingerprint density at radius 2 is 1.95 bits per heavy atom. The van der Waals surface area contributed by atoms with Crippen LogP contribution in [0.25, 0.3) is 0 Å². The molecule has 112 valence electrons. The zero-order chi connectivity index (χ0) is 14.7. The Morgan fingerprint density at radius 3 is 2.71 bits per heavy atom. The summed E-state index contributed by atoms with van der Waals surface area (Å²) in [4.78, 5) is 26.0. The first-order chi connectivity index (χ1) is 10.3. The van der Waals surface area contributed by atoms with Crippen molar-refractivity contribution >= 4 is 12.3 Å². The normalized spacial score (nSPS) is 16.8. The molecule has 2 aliphatic heterocycles. The minimum atomic E-state index is -0.0850. The average Bonchev–Trinajstić information content (AvgIpc) is 3.00. The first-order valence-corrected chi connectivity index (χ1v) is 6.76. The van der Waals surface area contributed by atoms with E-state index >= 15 is 0 Å². The van der Waals surface area contributed by atoms with Crippen molar-refractivity contribution < 1.29 is 23.8 Å². The number of rotatable bonds is 4. The summed E-state index contributed by atoms with van der Waals surface area (Å²) in [6, 6.07) is 5.20. The van der Waals surface area contributed by atoms with Gasteiger partial charge in [0.05, 0.1) is 0 Å². The molecule has 1 fully saturated rings. The second-order valence-corrected chi connectivity index (χ2v) is 4.83. The van der Waals surface area contributed by atoms with E-state index in [-0.39, 0.29) is 19.3 Å². The van der Waals surface area contributed by atoms with Crippen LogP contribution in [0, 0.1) is 0 Å². The van der Waals surface area contributed by atoms with Crippen LogP contribution in [-0.2, 0) is 9.59 Å². The van der Waals surface area contributed by atoms with Gasteiger partial charge in [0.25, 0.3) is 5.91 Å². The van der Waals surface area contributed by atoms with Crippen LogP contribution >= 0.6 is 0 Å². The summed E-state index contributed by atoms with van der Waals surface area (Å²) in [5.74, 6) is 1.79. The Bertz CT molecular complexity index is 540. The highest BCUT2D eigenvalue weighted by molar-refractivity contribution is 5.78. The molecule has 0 unspecified atom stereocenters. The lowest BCUT2D eigenvalue weighted by Gasteiger charge is -2.32. The highest BCUT2D eigenvalue weighted by atomic mass is 16.7. The molecule has 0 N–H and O–H groups in total. The molecule has 7 heteroatoms. The molecule has 3 rings (SSSR count). The van der Waals surface area contributed by atoms with Crippen LogP contribution < -0.4 is 14.2 Å². The number of hydrogen-bond donors (Lipinski definition) is 0. The number of amides is 2. The average molecular weight is 292 g/mol. The van der Waals surface area contributed by atoms with E-state index in [1.807, 2.05) is 0 Å². The van der Waals surface area contributed by atoms with E-state index in [0.717, 1.165) is 6.41 Å². The Hall–Kier alpha value is -2.44. The molecule has 0 radical (unpaired) electrons. The van der Waals surface area contributed by atoms with Crippen LogP contribution in [0.15, 0.2) is 18.2 Å². The molecule has 0 saturated carbocycles. The molecular weight excluding hydrogens is 276 g/mol. The molecule has 1 aromatic rings. The number of hydrogen-bond acceptors (Lipinski definition) is 5. The van der Waals surface area contributed by atoms with Gasteiger partial charge in [0.15, 0.2) is 18.1 Å². The smallest absolute Gasteiger partial charge is 0.260 e. The zero-order valence-corrected chi connectivity index (χ0v) is 11.5. The second-order valence-electron chi connectivity index (χ2n) is 4.83. The molecule has 2 aliphatic rings. The van der Waals surface area contributed by atoms with Crippen LogP contribution in [-0.4, -0.2) is 61.7 Å². The Balaban J connectivity index is 1.51. The molecule has 2 heterocycles. The van der Waals surface area contributed by atoms with E-state index in [2.05, 4.69) is 0 Å². The zero-order valence-electron chi connectivity index (χ0n) is 11.5. The molecule has 0 aliphatic carbocycles. The predicted molar refractivity (Wildman–Crippen MR) is 72.3 cm³/mol. The lowest BCUT2D eigenvalue weighted by atomic mass is 10.3. The van der Waals surface area contributed by atoms with Gasteiger partial charge >= 0.3 is 0 Å². The monoisotopic (exact) mass is 292 g/mol. The maximum Gasteiger partial charge on any atom is 0.260 e. The Labute approximate surface area is 122 Å². The van der Waals surface area contributed by atoms with E-state index < -0.39 is 0 Å². The summed E-state index contributed by atoms with van der Waals surface area (Å²) in [7, 11) is 0. The van der Waals surface area contributed by atoms with Gasteiger partial charge in [-0.2, -0.15) is 0 Å². The van der Waals surface area contributed by atoms with Crippen LogP contribution in [0.2, 0.25) is 0 Å². The van der Waals surface area contributed by atoms with Crippen LogP contribution in [0.4, 0.5) is 0 Å². The van der Waals surface area contributed by atoms with Crippen molar-refractivity contribution in [3.8, 4) is 17.2 Å². The largest absolute Gasteiger partial charge is 0.484 e. The van der Waals surface area contributed by atoms with Crippen molar-refractivity contribution in [2.24, 2.45) is 0 Å². The molecule has 0 bridgehead atoms. The first kappa shape index (κ1) is 13.5. The number of carbonyl (C=O) groups is 2. The second kappa shape index (κ2) is 5.90. The van der Waals surface area contributed by atoms with Gasteiger partial charge in [-0.1, -0.05) is 0 Å². The molecule has 2 amide bonds. The summed E-state index contributed by atoms with van der Waals surface area (Å²) in [6.45, 7) is 2.40. The summed E-state index contributed by atoms with van der Waals surface area (Å²) in [5.41, 5.74) is 0. The van der Waals surface area contributed by atoms with Crippen molar-refractivity contribution in [2.75, 3.05) is 39.6 Å². The predicted octanol–water partition coefficient (Wildman–Crippen LogP) is 0.0947. The minimum absolute atomic E-state index is 0.0271. The van der Waals surface area contributed by atoms with Gasteiger partial charge in [-0.3, -0.25) is 9.59 Å². The van der Waals surface area contributed by atoms with Crippen LogP contribution in [0.3, 0.4) is 0 Å². The van der Waals surface area contributed by atoms with E-state index in [9.17, 15) is 9.59 Å². The van der Waals surface area contributed by atoms with Crippen molar-refractivity contribution in [3.05, 3.63) is 18.2 Å². The molecule has 1 saturated heterocycles. The fourth-order valence-electron chi connectivity index (χ4n) is 2.28. The number of benzene rings is 1. The number of fused-ring (bicyclic) bond motifs is 1. The highest BCUT2D eigenvalue weighted by Crippen LogP contribution is 2.35. The lowest BCUT2D eigenvalue weighted by molar-refractivity contribution is -0.137. The third kappa shape index (κ3) is 3.01. The van der Waals surface area contributed by atoms with E-state index in [0.29, 0.717) is 43.4 Å². The quantitative estimate of drug-likeness (QED) is 0.736. The van der Waals surface area contributed by atoms with Gasteiger partial charge in [-0.25, -0.2) is 0 Å². The maximum atomic E-state index is 12.0. The topological polar surface area (TPSA) is 68.3 Å². The summed E-state index contributed by atoms with van der Waals surface area (Å²) >= 11 is 0. The highest BCUT2D eigenvalue weighted by Gasteiger charge is 2.21. The molecule has 0 atom stereocenters. The van der Waals surface area contributed by atoms with E-state index in [4.69, 9.17) is 14.2 Å². The van der Waals surface area contributed by atoms with Crippen LogP contribution in [0.5, 0.6) is 17.2 Å². The lowest BCUT2D eigenvalue weighted by Crippen LogP contribution is -2.49. The summed E-state index contributed by atoms with van der Waals surface area (Å²) in [6.07, 6.45) is 0.810.